The predicted molar refractivity (Wildman–Crippen MR) is 149 cm³/mol. The molecular formula is C27H27F3N8O4S. The third-order valence-corrected chi connectivity index (χ3v) is 7.69. The van der Waals surface area contributed by atoms with Crippen molar-refractivity contribution in [1.82, 2.24) is 24.9 Å². The maximum absolute atomic E-state index is 13.9. The van der Waals surface area contributed by atoms with Gasteiger partial charge in [-0.25, -0.2) is 9.67 Å². The van der Waals surface area contributed by atoms with Gasteiger partial charge in [0.1, 0.15) is 28.9 Å². The van der Waals surface area contributed by atoms with Crippen molar-refractivity contribution >= 4 is 22.2 Å². The van der Waals surface area contributed by atoms with Crippen LogP contribution in [0.5, 0.6) is 5.75 Å². The first-order chi connectivity index (χ1) is 20.6. The number of nitrogens with zero attached hydrogens (tertiary/aromatic N) is 7. The number of halogens is 3. The Labute approximate surface area is 247 Å². The molecule has 2 atom stereocenters. The molecule has 2 unspecified atom stereocenters. The lowest BCUT2D eigenvalue weighted by Gasteiger charge is -2.19. The number of aromatic nitrogens is 5. The van der Waals surface area contributed by atoms with Crippen molar-refractivity contribution in [2.24, 2.45) is 0 Å². The number of nitriles is 1. The van der Waals surface area contributed by atoms with E-state index in [0.29, 0.717) is 28.6 Å². The Morgan fingerprint density at radius 3 is 2.77 bits per heavy atom. The van der Waals surface area contributed by atoms with Gasteiger partial charge in [0.15, 0.2) is 11.0 Å². The van der Waals surface area contributed by atoms with E-state index in [1.807, 2.05) is 0 Å². The van der Waals surface area contributed by atoms with E-state index in [1.165, 1.54) is 18.4 Å². The number of rotatable bonds is 11. The average molecular weight is 617 g/mol. The van der Waals surface area contributed by atoms with Crippen molar-refractivity contribution in [1.29, 1.82) is 5.26 Å². The quantitative estimate of drug-likeness (QED) is 0.261. The molecule has 0 radical (unpaired) electrons. The Morgan fingerprint density at radius 2 is 2.07 bits per heavy atom. The van der Waals surface area contributed by atoms with E-state index < -0.39 is 29.0 Å². The second-order valence-electron chi connectivity index (χ2n) is 9.90. The monoisotopic (exact) mass is 616 g/mol. The van der Waals surface area contributed by atoms with Crippen molar-refractivity contribution in [3.05, 3.63) is 74.7 Å². The molecule has 0 bridgehead atoms. The SMILES string of the molecule is COc1ccc(Cn2ncc(NC(C)COCc3nc(C4CCN(c5ncc(C#N)s5)C4)no3)c(C(F)(F)F)c2=O)cc1. The number of ether oxygens (including phenoxy) is 2. The molecule has 0 aliphatic carbocycles. The van der Waals surface area contributed by atoms with Crippen LogP contribution in [-0.2, 0) is 24.1 Å². The molecule has 5 rings (SSSR count). The summed E-state index contributed by atoms with van der Waals surface area (Å²) in [5.74, 6) is 1.37. The summed E-state index contributed by atoms with van der Waals surface area (Å²) in [7, 11) is 1.50. The normalized spacial score (nSPS) is 15.8. The Kier molecular flexibility index (Phi) is 8.92. The third kappa shape index (κ3) is 7.12. The number of anilines is 2. The van der Waals surface area contributed by atoms with E-state index in [9.17, 15) is 18.0 Å². The van der Waals surface area contributed by atoms with Crippen molar-refractivity contribution < 1.29 is 27.2 Å². The van der Waals surface area contributed by atoms with Crippen molar-refractivity contribution in [3.8, 4) is 11.8 Å². The molecule has 0 spiro atoms. The Morgan fingerprint density at radius 1 is 1.28 bits per heavy atom. The first kappa shape index (κ1) is 30.0. The van der Waals surface area contributed by atoms with Gasteiger partial charge < -0.3 is 24.2 Å². The zero-order valence-corrected chi connectivity index (χ0v) is 24.0. The number of benzene rings is 1. The van der Waals surface area contributed by atoms with Crippen molar-refractivity contribution in [2.75, 3.05) is 37.0 Å². The second kappa shape index (κ2) is 12.8. The first-order valence-corrected chi connectivity index (χ1v) is 14.0. The standard InChI is InChI=1S/C27H27F3N8O4S/c1-16(14-41-15-22-35-24(36-42-22)18-7-8-37(13-18)26-32-10-20(9-31)43-26)34-21-11-33-38(25(39)23(21)27(28,29)30)12-17-3-5-19(40-2)6-4-17/h3-6,10-11,16,18,34H,7-8,12-15H2,1-2H3. The fourth-order valence-electron chi connectivity index (χ4n) is 4.62. The molecule has 1 fully saturated rings. The highest BCUT2D eigenvalue weighted by Gasteiger charge is 2.38. The highest BCUT2D eigenvalue weighted by molar-refractivity contribution is 7.16. The summed E-state index contributed by atoms with van der Waals surface area (Å²) in [4.78, 5) is 24.1. The largest absolute Gasteiger partial charge is 0.497 e. The van der Waals surface area contributed by atoms with E-state index in [0.717, 1.165) is 29.0 Å². The fraction of sp³-hybridized carbons (Fsp3) is 0.407. The van der Waals surface area contributed by atoms with Crippen molar-refractivity contribution in [2.45, 2.75) is 44.6 Å². The molecular weight excluding hydrogens is 589 g/mol. The van der Waals surface area contributed by atoms with Crippen LogP contribution in [0.15, 0.2) is 46.0 Å². The maximum Gasteiger partial charge on any atom is 0.423 e. The molecule has 4 heterocycles. The Hall–Kier alpha value is -4.49. The average Bonchev–Trinajstić information content (AvgIpc) is 3.75. The number of nitrogens with one attached hydrogen (secondary N) is 1. The van der Waals surface area contributed by atoms with Crippen LogP contribution in [-0.4, -0.2) is 57.8 Å². The van der Waals surface area contributed by atoms with Crippen LogP contribution in [0, 0.1) is 11.3 Å². The van der Waals surface area contributed by atoms with Crippen LogP contribution in [0.25, 0.3) is 0 Å². The number of thiazole rings is 1. The lowest BCUT2D eigenvalue weighted by molar-refractivity contribution is -0.138. The summed E-state index contributed by atoms with van der Waals surface area (Å²) < 4.78 is 58.6. The maximum atomic E-state index is 13.9. The van der Waals surface area contributed by atoms with Gasteiger partial charge in [-0.05, 0) is 31.0 Å². The predicted octanol–water partition coefficient (Wildman–Crippen LogP) is 4.04. The van der Waals surface area contributed by atoms with Crippen LogP contribution in [0.4, 0.5) is 24.0 Å². The van der Waals surface area contributed by atoms with Crippen LogP contribution in [0.2, 0.25) is 0 Å². The van der Waals surface area contributed by atoms with Gasteiger partial charge in [-0.15, -0.1) is 0 Å². The van der Waals surface area contributed by atoms with Gasteiger partial charge in [-0.2, -0.15) is 28.5 Å². The molecule has 226 valence electrons. The molecule has 1 aromatic carbocycles. The van der Waals surface area contributed by atoms with Gasteiger partial charge in [-0.3, -0.25) is 4.79 Å². The number of alkyl halides is 3. The van der Waals surface area contributed by atoms with Gasteiger partial charge >= 0.3 is 6.18 Å². The topological polar surface area (TPSA) is 144 Å². The molecule has 1 N–H and O–H groups in total. The first-order valence-electron chi connectivity index (χ1n) is 13.2. The lowest BCUT2D eigenvalue weighted by atomic mass is 10.1. The van der Waals surface area contributed by atoms with E-state index in [-0.39, 0.29) is 31.6 Å². The van der Waals surface area contributed by atoms with Gasteiger partial charge in [0.05, 0.1) is 38.3 Å². The van der Waals surface area contributed by atoms with Gasteiger partial charge in [0.2, 0.25) is 0 Å². The lowest BCUT2D eigenvalue weighted by Crippen LogP contribution is -2.34. The van der Waals surface area contributed by atoms with E-state index in [4.69, 9.17) is 19.3 Å². The Bertz CT molecular complexity index is 1650. The molecule has 0 amide bonds. The highest BCUT2D eigenvalue weighted by atomic mass is 32.1. The molecule has 4 aromatic rings. The zero-order chi connectivity index (χ0) is 30.6. The summed E-state index contributed by atoms with van der Waals surface area (Å²) in [5.41, 5.74) is -2.44. The number of methoxy groups -OCH3 is 1. The van der Waals surface area contributed by atoms with Crippen LogP contribution in [0.1, 0.15) is 47.0 Å². The molecule has 43 heavy (non-hydrogen) atoms. The molecule has 16 heteroatoms. The zero-order valence-electron chi connectivity index (χ0n) is 23.2. The van der Waals surface area contributed by atoms with Gasteiger partial charge in [0.25, 0.3) is 11.4 Å². The summed E-state index contributed by atoms with van der Waals surface area (Å²) in [6, 6.07) is 8.07. The highest BCUT2D eigenvalue weighted by Crippen LogP contribution is 2.33. The third-order valence-electron chi connectivity index (χ3n) is 6.73. The van der Waals surface area contributed by atoms with E-state index in [2.05, 4.69) is 36.5 Å². The summed E-state index contributed by atoms with van der Waals surface area (Å²) in [5, 5.41) is 20.5. The summed E-state index contributed by atoms with van der Waals surface area (Å²) in [6.07, 6.45) is -1.58. The fourth-order valence-corrected chi connectivity index (χ4v) is 5.37. The van der Waals surface area contributed by atoms with E-state index >= 15 is 0 Å². The van der Waals surface area contributed by atoms with E-state index in [1.54, 1.807) is 37.4 Å². The molecule has 3 aromatic heterocycles. The number of hydrogen-bond donors (Lipinski definition) is 1. The van der Waals surface area contributed by atoms with Gasteiger partial charge in [0, 0.05) is 25.0 Å². The molecule has 1 aliphatic heterocycles. The minimum Gasteiger partial charge on any atom is -0.497 e. The molecule has 0 saturated carbocycles. The van der Waals surface area contributed by atoms with Crippen molar-refractivity contribution in [3.63, 3.8) is 0 Å². The molecule has 1 saturated heterocycles. The minimum absolute atomic E-state index is 0.00752. The molecule has 1 aliphatic rings. The van der Waals surface area contributed by atoms with Crippen LogP contribution < -0.4 is 20.5 Å². The number of hydrogen-bond acceptors (Lipinski definition) is 12. The Balaban J connectivity index is 1.16. The van der Waals surface area contributed by atoms with Crippen LogP contribution in [0.3, 0.4) is 0 Å². The minimum atomic E-state index is -4.90. The summed E-state index contributed by atoms with van der Waals surface area (Å²) in [6.45, 7) is 2.81. The summed E-state index contributed by atoms with van der Waals surface area (Å²) >= 11 is 1.33. The van der Waals surface area contributed by atoms with Gasteiger partial charge in [-0.1, -0.05) is 28.6 Å². The van der Waals surface area contributed by atoms with Crippen LogP contribution >= 0.6 is 11.3 Å². The molecule has 12 nitrogen and oxygen atoms in total. The smallest absolute Gasteiger partial charge is 0.423 e. The second-order valence-corrected chi connectivity index (χ2v) is 10.9.